The van der Waals surface area contributed by atoms with Crippen molar-refractivity contribution in [3.05, 3.63) is 42.0 Å². The smallest absolute Gasteiger partial charge is 0.326 e. The summed E-state index contributed by atoms with van der Waals surface area (Å²) in [6.45, 7) is 0. The number of carboxylic acids is 1. The van der Waals surface area contributed by atoms with Gasteiger partial charge in [0, 0.05) is 5.41 Å². The number of carbonyl (C=O) groups excluding carboxylic acids is 1. The summed E-state index contributed by atoms with van der Waals surface area (Å²) in [6.07, 6.45) is 10.7. The first-order valence-electron chi connectivity index (χ1n) is 9.79. The van der Waals surface area contributed by atoms with Crippen molar-refractivity contribution in [1.82, 2.24) is 5.32 Å². The molecular weight excluding hydrogens is 326 g/mol. The SMILES string of the molecule is O=C(O)[C@@H](C/C=C/c1ccccc1)NC(=O)C12CC3CC(CC(C3)C1)C2. The van der Waals surface area contributed by atoms with Gasteiger partial charge in [-0.15, -0.1) is 0 Å². The van der Waals surface area contributed by atoms with E-state index in [4.69, 9.17) is 0 Å². The third-order valence-corrected chi connectivity index (χ3v) is 6.60. The van der Waals surface area contributed by atoms with Crippen molar-refractivity contribution < 1.29 is 14.7 Å². The highest BCUT2D eigenvalue weighted by molar-refractivity contribution is 5.88. The van der Waals surface area contributed by atoms with E-state index in [1.54, 1.807) is 0 Å². The Balaban J connectivity index is 1.41. The molecule has 5 rings (SSSR count). The molecule has 0 aliphatic heterocycles. The number of hydrogen-bond donors (Lipinski definition) is 2. The lowest BCUT2D eigenvalue weighted by molar-refractivity contribution is -0.151. The molecule has 138 valence electrons. The van der Waals surface area contributed by atoms with Crippen LogP contribution in [0.3, 0.4) is 0 Å². The monoisotopic (exact) mass is 353 g/mol. The lowest BCUT2D eigenvalue weighted by Crippen LogP contribution is -2.56. The van der Waals surface area contributed by atoms with Gasteiger partial charge in [-0.25, -0.2) is 4.79 Å². The fourth-order valence-corrected chi connectivity index (χ4v) is 5.83. The van der Waals surface area contributed by atoms with Crippen LogP contribution in [-0.2, 0) is 9.59 Å². The average Bonchev–Trinajstić information content (AvgIpc) is 2.60. The summed E-state index contributed by atoms with van der Waals surface area (Å²) in [5.74, 6) is 1.05. The second-order valence-corrected chi connectivity index (χ2v) is 8.61. The van der Waals surface area contributed by atoms with Crippen LogP contribution in [0.4, 0.5) is 0 Å². The van der Waals surface area contributed by atoms with E-state index in [0.717, 1.165) is 24.8 Å². The van der Waals surface area contributed by atoms with E-state index in [2.05, 4.69) is 5.32 Å². The zero-order valence-electron chi connectivity index (χ0n) is 15.1. The molecule has 0 spiro atoms. The molecule has 0 aromatic heterocycles. The Morgan fingerprint density at radius 3 is 2.19 bits per heavy atom. The fourth-order valence-electron chi connectivity index (χ4n) is 5.83. The predicted molar refractivity (Wildman–Crippen MR) is 100 cm³/mol. The molecule has 4 bridgehead atoms. The molecule has 0 heterocycles. The highest BCUT2D eigenvalue weighted by atomic mass is 16.4. The van der Waals surface area contributed by atoms with E-state index in [-0.39, 0.29) is 11.3 Å². The summed E-state index contributed by atoms with van der Waals surface area (Å²) in [5.41, 5.74) is 0.732. The lowest BCUT2D eigenvalue weighted by atomic mass is 9.49. The Labute approximate surface area is 154 Å². The van der Waals surface area contributed by atoms with E-state index in [1.165, 1.54) is 19.3 Å². The van der Waals surface area contributed by atoms with Crippen LogP contribution in [-0.4, -0.2) is 23.0 Å². The molecule has 0 radical (unpaired) electrons. The highest BCUT2D eigenvalue weighted by Crippen LogP contribution is 2.60. The van der Waals surface area contributed by atoms with Crippen molar-refractivity contribution in [3.63, 3.8) is 0 Å². The molecule has 4 nitrogen and oxygen atoms in total. The summed E-state index contributed by atoms with van der Waals surface area (Å²) in [5, 5.41) is 12.4. The number of carbonyl (C=O) groups is 2. The van der Waals surface area contributed by atoms with Gasteiger partial charge >= 0.3 is 5.97 Å². The molecular formula is C22H27NO3. The van der Waals surface area contributed by atoms with Gasteiger partial charge in [-0.3, -0.25) is 4.79 Å². The fraction of sp³-hybridized carbons (Fsp3) is 0.545. The Bertz CT molecular complexity index is 674. The normalized spacial score (nSPS) is 33.3. The number of benzene rings is 1. The van der Waals surface area contributed by atoms with E-state index in [9.17, 15) is 14.7 Å². The van der Waals surface area contributed by atoms with Gasteiger partial charge in [0.2, 0.25) is 5.91 Å². The van der Waals surface area contributed by atoms with Crippen LogP contribution in [0, 0.1) is 23.2 Å². The number of aliphatic carboxylic acids is 1. The lowest BCUT2D eigenvalue weighted by Gasteiger charge is -2.55. The van der Waals surface area contributed by atoms with Crippen LogP contribution in [0.25, 0.3) is 6.08 Å². The van der Waals surface area contributed by atoms with Crippen LogP contribution in [0.1, 0.15) is 50.5 Å². The molecule has 1 atom stereocenters. The number of amides is 1. The van der Waals surface area contributed by atoms with Gasteiger partial charge in [-0.2, -0.15) is 0 Å². The maximum atomic E-state index is 13.0. The van der Waals surface area contributed by atoms with E-state index < -0.39 is 12.0 Å². The Morgan fingerprint density at radius 2 is 1.65 bits per heavy atom. The first-order valence-corrected chi connectivity index (χ1v) is 9.79. The van der Waals surface area contributed by atoms with Crippen molar-refractivity contribution in [2.24, 2.45) is 23.2 Å². The second-order valence-electron chi connectivity index (χ2n) is 8.61. The second kappa shape index (κ2) is 6.90. The van der Waals surface area contributed by atoms with E-state index in [0.29, 0.717) is 24.2 Å². The van der Waals surface area contributed by atoms with Crippen molar-refractivity contribution >= 4 is 18.0 Å². The van der Waals surface area contributed by atoms with Gasteiger partial charge < -0.3 is 10.4 Å². The van der Waals surface area contributed by atoms with Crippen LogP contribution in [0.2, 0.25) is 0 Å². The minimum atomic E-state index is -0.958. The van der Waals surface area contributed by atoms with Gasteiger partial charge in [0.05, 0.1) is 0 Å². The minimum Gasteiger partial charge on any atom is -0.480 e. The van der Waals surface area contributed by atoms with Crippen LogP contribution >= 0.6 is 0 Å². The molecule has 2 N–H and O–H groups in total. The van der Waals surface area contributed by atoms with Gasteiger partial charge in [-0.1, -0.05) is 42.5 Å². The molecule has 4 fully saturated rings. The van der Waals surface area contributed by atoms with Crippen LogP contribution in [0.15, 0.2) is 36.4 Å². The van der Waals surface area contributed by atoms with Gasteiger partial charge in [-0.05, 0) is 68.3 Å². The third kappa shape index (κ3) is 3.42. The summed E-state index contributed by atoms with van der Waals surface area (Å²) in [6, 6.07) is 8.94. The number of carboxylic acid groups (broad SMARTS) is 1. The van der Waals surface area contributed by atoms with E-state index in [1.807, 2.05) is 42.5 Å². The zero-order chi connectivity index (χ0) is 18.1. The molecule has 1 amide bonds. The number of nitrogens with one attached hydrogen (secondary N) is 1. The van der Waals surface area contributed by atoms with Crippen molar-refractivity contribution in [1.29, 1.82) is 0 Å². The minimum absolute atomic E-state index is 0.0166. The Kier molecular flexibility index (Phi) is 4.60. The topological polar surface area (TPSA) is 66.4 Å². The molecule has 26 heavy (non-hydrogen) atoms. The molecule has 1 aromatic carbocycles. The van der Waals surface area contributed by atoms with Crippen LogP contribution < -0.4 is 5.32 Å². The highest BCUT2D eigenvalue weighted by Gasteiger charge is 2.54. The molecule has 4 aliphatic rings. The number of hydrogen-bond acceptors (Lipinski definition) is 2. The summed E-state index contributed by atoms with van der Waals surface area (Å²) >= 11 is 0. The standard InChI is InChI=1S/C22H27NO3/c24-20(25)19(8-4-7-15-5-2-1-3-6-15)23-21(26)22-12-16-9-17(13-22)11-18(10-16)14-22/h1-7,16-19H,8-14H2,(H,23,26)(H,24,25)/b7-4+/t16?,17?,18?,19-,22?/m1/s1. The molecule has 4 aliphatic carbocycles. The zero-order valence-corrected chi connectivity index (χ0v) is 15.1. The maximum absolute atomic E-state index is 13.0. The molecule has 4 heteroatoms. The number of rotatable bonds is 6. The molecule has 0 saturated heterocycles. The van der Waals surface area contributed by atoms with Gasteiger partial charge in [0.1, 0.15) is 6.04 Å². The largest absolute Gasteiger partial charge is 0.480 e. The summed E-state index contributed by atoms with van der Waals surface area (Å²) in [4.78, 5) is 24.7. The quantitative estimate of drug-likeness (QED) is 0.816. The molecule has 1 aromatic rings. The first kappa shape index (κ1) is 17.3. The Morgan fingerprint density at radius 1 is 1.08 bits per heavy atom. The van der Waals surface area contributed by atoms with Crippen molar-refractivity contribution in [3.8, 4) is 0 Å². The summed E-state index contributed by atoms with van der Waals surface area (Å²) < 4.78 is 0. The van der Waals surface area contributed by atoms with Gasteiger partial charge in [0.25, 0.3) is 0 Å². The molecule has 4 saturated carbocycles. The molecule has 0 unspecified atom stereocenters. The van der Waals surface area contributed by atoms with Crippen molar-refractivity contribution in [2.45, 2.75) is 51.0 Å². The van der Waals surface area contributed by atoms with Crippen LogP contribution in [0.5, 0.6) is 0 Å². The van der Waals surface area contributed by atoms with Gasteiger partial charge in [0.15, 0.2) is 0 Å². The average molecular weight is 353 g/mol. The van der Waals surface area contributed by atoms with Crippen molar-refractivity contribution in [2.75, 3.05) is 0 Å². The maximum Gasteiger partial charge on any atom is 0.326 e. The first-order chi connectivity index (χ1) is 12.5. The summed E-state index contributed by atoms with van der Waals surface area (Å²) in [7, 11) is 0. The Hall–Kier alpha value is -2.10. The van der Waals surface area contributed by atoms with E-state index >= 15 is 0 Å². The predicted octanol–water partition coefficient (Wildman–Crippen LogP) is 3.88. The third-order valence-electron chi connectivity index (χ3n) is 6.60.